The molecule has 0 saturated carbocycles. The second-order valence-corrected chi connectivity index (χ2v) is 15.2. The summed E-state index contributed by atoms with van der Waals surface area (Å²) in [6.07, 6.45) is 0. The molecule has 0 aliphatic rings. The van der Waals surface area contributed by atoms with Gasteiger partial charge in [-0.25, -0.2) is 15.0 Å². The molecule has 0 atom stereocenters. The van der Waals surface area contributed by atoms with Crippen molar-refractivity contribution in [2.75, 3.05) is 0 Å². The van der Waals surface area contributed by atoms with Crippen LogP contribution in [-0.4, -0.2) is 23.8 Å². The first kappa shape index (κ1) is 31.3. The molecule has 0 aliphatic heterocycles. The monoisotopic (exact) mass is 737 g/mol. The summed E-state index contributed by atoms with van der Waals surface area (Å²) >= 11 is 0. The minimum Gasteiger partial charge on any atom is -0.307 e. The molecule has 0 amide bonds. The average molecular weight is 738 g/mol. The maximum atomic E-state index is 5.17. The summed E-state index contributed by atoms with van der Waals surface area (Å²) in [7, 11) is 0. The molecule has 13 aromatic rings. The van der Waals surface area contributed by atoms with Crippen LogP contribution >= 0.6 is 0 Å². The van der Waals surface area contributed by atoms with Gasteiger partial charge in [-0.05, 0) is 57.9 Å². The molecule has 5 nitrogen and oxygen atoms in total. The third-order valence-electron chi connectivity index (χ3n) is 12.0. The highest BCUT2D eigenvalue weighted by molar-refractivity contribution is 6.30. The molecule has 0 N–H and O–H groups in total. The topological polar surface area (TPSA) is 47.5 Å². The van der Waals surface area contributed by atoms with Crippen LogP contribution in [0, 0.1) is 0 Å². The molecule has 268 valence electrons. The summed E-state index contributed by atoms with van der Waals surface area (Å²) < 4.78 is 5.04. The smallest absolute Gasteiger partial charge is 0.164 e. The van der Waals surface area contributed by atoms with Gasteiger partial charge in [0.15, 0.2) is 17.5 Å². The van der Waals surface area contributed by atoms with Gasteiger partial charge in [-0.15, -0.1) is 0 Å². The van der Waals surface area contributed by atoms with Gasteiger partial charge >= 0.3 is 0 Å². The summed E-state index contributed by atoms with van der Waals surface area (Å²) in [5.41, 5.74) is 9.82. The fourth-order valence-corrected chi connectivity index (χ4v) is 9.57. The summed E-state index contributed by atoms with van der Waals surface area (Å²) in [6, 6.07) is 67.4. The van der Waals surface area contributed by atoms with E-state index in [1.807, 2.05) is 36.4 Å². The fraction of sp³-hybridized carbons (Fsp3) is 0. The number of aromatic nitrogens is 5. The molecule has 0 bridgehead atoms. The van der Waals surface area contributed by atoms with Crippen molar-refractivity contribution >= 4 is 87.0 Å². The highest BCUT2D eigenvalue weighted by Gasteiger charge is 2.22. The van der Waals surface area contributed by atoms with Gasteiger partial charge in [0, 0.05) is 49.0 Å². The lowest BCUT2D eigenvalue weighted by Crippen LogP contribution is -2.00. The first-order valence-corrected chi connectivity index (χ1v) is 19.7. The van der Waals surface area contributed by atoms with Gasteiger partial charge < -0.3 is 8.80 Å². The van der Waals surface area contributed by atoms with Crippen molar-refractivity contribution in [1.29, 1.82) is 0 Å². The van der Waals surface area contributed by atoms with Crippen molar-refractivity contribution in [2.45, 2.75) is 0 Å². The largest absolute Gasteiger partial charge is 0.307 e. The van der Waals surface area contributed by atoms with Crippen LogP contribution in [0.25, 0.3) is 121 Å². The minimum absolute atomic E-state index is 0.630. The van der Waals surface area contributed by atoms with E-state index in [9.17, 15) is 0 Å². The van der Waals surface area contributed by atoms with Crippen molar-refractivity contribution in [1.82, 2.24) is 23.8 Å². The van der Waals surface area contributed by atoms with Gasteiger partial charge in [-0.1, -0.05) is 152 Å². The zero-order valence-electron chi connectivity index (χ0n) is 31.1. The lowest BCUT2D eigenvalue weighted by molar-refractivity contribution is 1.07. The predicted octanol–water partition coefficient (Wildman–Crippen LogP) is 13.5. The Balaban J connectivity index is 1.27. The van der Waals surface area contributed by atoms with Crippen LogP contribution in [0.2, 0.25) is 0 Å². The van der Waals surface area contributed by atoms with Crippen molar-refractivity contribution in [3.8, 4) is 34.2 Å². The Bertz CT molecular complexity index is 3790. The van der Waals surface area contributed by atoms with Crippen molar-refractivity contribution in [3.63, 3.8) is 0 Å². The van der Waals surface area contributed by atoms with E-state index < -0.39 is 0 Å². The number of hydrogen-bond acceptors (Lipinski definition) is 3. The average Bonchev–Trinajstić information content (AvgIpc) is 3.83. The fourth-order valence-electron chi connectivity index (χ4n) is 9.57. The molecule has 13 rings (SSSR count). The first-order valence-electron chi connectivity index (χ1n) is 19.7. The van der Waals surface area contributed by atoms with Gasteiger partial charge in [0.25, 0.3) is 0 Å². The van der Waals surface area contributed by atoms with E-state index in [0.717, 1.165) is 33.0 Å². The Morgan fingerprint density at radius 2 is 0.810 bits per heavy atom. The minimum atomic E-state index is 0.630. The quantitative estimate of drug-likeness (QED) is 0.181. The lowest BCUT2D eigenvalue weighted by Gasteiger charge is -2.13. The van der Waals surface area contributed by atoms with Gasteiger partial charge in [-0.3, -0.25) is 0 Å². The summed E-state index contributed by atoms with van der Waals surface area (Å²) in [4.78, 5) is 15.3. The van der Waals surface area contributed by atoms with Gasteiger partial charge in [0.2, 0.25) is 0 Å². The van der Waals surface area contributed by atoms with E-state index >= 15 is 0 Å². The van der Waals surface area contributed by atoms with Crippen LogP contribution in [0.15, 0.2) is 188 Å². The molecule has 58 heavy (non-hydrogen) atoms. The molecule has 0 saturated heterocycles. The number of para-hydroxylation sites is 2. The third kappa shape index (κ3) is 4.33. The van der Waals surface area contributed by atoms with Crippen LogP contribution in [0.5, 0.6) is 0 Å². The summed E-state index contributed by atoms with van der Waals surface area (Å²) in [6.45, 7) is 0. The van der Waals surface area contributed by atoms with E-state index in [1.165, 1.54) is 70.7 Å². The van der Waals surface area contributed by atoms with Crippen molar-refractivity contribution in [3.05, 3.63) is 188 Å². The Hall–Kier alpha value is -7.89. The maximum absolute atomic E-state index is 5.17. The second kappa shape index (κ2) is 11.8. The first-order chi connectivity index (χ1) is 28.8. The Morgan fingerprint density at radius 1 is 0.276 bits per heavy atom. The van der Waals surface area contributed by atoms with E-state index in [1.54, 1.807) is 0 Å². The molecular weight excluding hydrogens is 707 g/mol. The molecular formula is C53H31N5. The maximum Gasteiger partial charge on any atom is 0.164 e. The number of rotatable bonds is 3. The van der Waals surface area contributed by atoms with Gasteiger partial charge in [0.05, 0.1) is 33.1 Å². The molecule has 5 heteroatoms. The molecule has 9 aromatic carbocycles. The summed E-state index contributed by atoms with van der Waals surface area (Å²) in [5.74, 6) is 1.92. The van der Waals surface area contributed by atoms with Crippen LogP contribution < -0.4 is 0 Å². The molecule has 4 heterocycles. The van der Waals surface area contributed by atoms with E-state index in [4.69, 9.17) is 15.0 Å². The van der Waals surface area contributed by atoms with Crippen LogP contribution in [0.1, 0.15) is 0 Å². The molecule has 0 unspecified atom stereocenters. The van der Waals surface area contributed by atoms with Gasteiger partial charge in [0.1, 0.15) is 0 Å². The van der Waals surface area contributed by atoms with Crippen molar-refractivity contribution in [2.24, 2.45) is 0 Å². The van der Waals surface area contributed by atoms with E-state index in [2.05, 4.69) is 160 Å². The highest BCUT2D eigenvalue weighted by atomic mass is 15.0. The Labute approximate surface area is 331 Å². The standard InChI is InChI=1S/C53H31N5/c1-3-15-33(16-4-1)51-54-52(34-17-5-2-6-18-34)56-53(55-51)36-27-28-44-42(30-36)39-23-13-24-41-47-37-20-9-7-14-32(37)26-29-45(47)58(49(39)41)46-31-35-19-8-10-21-38(35)48-40-22-11-12-25-43(40)57(44)50(46)48/h1-31H. The normalized spacial score (nSPS) is 12.1. The molecule has 0 aliphatic carbocycles. The van der Waals surface area contributed by atoms with Crippen molar-refractivity contribution < 1.29 is 0 Å². The molecule has 0 spiro atoms. The molecule has 4 aromatic heterocycles. The number of nitrogens with zero attached hydrogens (tertiary/aromatic N) is 5. The van der Waals surface area contributed by atoms with E-state index in [-0.39, 0.29) is 0 Å². The second-order valence-electron chi connectivity index (χ2n) is 15.2. The highest BCUT2D eigenvalue weighted by Crippen LogP contribution is 2.44. The van der Waals surface area contributed by atoms with Crippen LogP contribution in [0.4, 0.5) is 0 Å². The number of fused-ring (bicyclic) bond motifs is 14. The van der Waals surface area contributed by atoms with Gasteiger partial charge in [-0.2, -0.15) is 0 Å². The predicted molar refractivity (Wildman–Crippen MR) is 241 cm³/mol. The Kier molecular flexibility index (Phi) is 6.38. The molecule has 0 fully saturated rings. The third-order valence-corrected chi connectivity index (χ3v) is 12.0. The number of benzene rings is 9. The zero-order valence-corrected chi connectivity index (χ0v) is 31.1. The van der Waals surface area contributed by atoms with Crippen LogP contribution in [-0.2, 0) is 0 Å². The molecule has 0 radical (unpaired) electrons. The lowest BCUT2D eigenvalue weighted by atomic mass is 10.0. The zero-order chi connectivity index (χ0) is 37.9. The number of hydrogen-bond donors (Lipinski definition) is 0. The Morgan fingerprint density at radius 3 is 1.55 bits per heavy atom. The summed E-state index contributed by atoms with van der Waals surface area (Å²) in [5, 5.41) is 12.2. The van der Waals surface area contributed by atoms with Crippen LogP contribution in [0.3, 0.4) is 0 Å². The van der Waals surface area contributed by atoms with E-state index in [0.29, 0.717) is 17.5 Å². The SMILES string of the molecule is c1ccc(-c2nc(-c3ccccc3)nc(-c3ccc4c(c3)c3cccc5c6c7ccccc7ccc6n(c6cc7ccccc7c7c8ccccc8n4c76)c35)n2)cc1.